The van der Waals surface area contributed by atoms with E-state index < -0.39 is 10.0 Å². The van der Waals surface area contributed by atoms with Crippen LogP contribution < -0.4 is 15.6 Å². The van der Waals surface area contributed by atoms with Gasteiger partial charge < -0.3 is 15.2 Å². The SMILES string of the molecule is COCCCOc1cccc(S(N)(=O)=O)c1N. The second-order valence-corrected chi connectivity index (χ2v) is 4.94. The Labute approximate surface area is 101 Å². The second kappa shape index (κ2) is 5.85. The molecule has 0 aromatic heterocycles. The fourth-order valence-corrected chi connectivity index (χ4v) is 1.96. The molecule has 0 atom stereocenters. The maximum atomic E-state index is 11.2. The standard InChI is InChI=1S/C10H16N2O4S/c1-15-6-3-7-16-8-4-2-5-9(10(8)11)17(12,13)14/h2,4-5H,3,6-7,11H2,1H3,(H2,12,13,14). The second-order valence-electron chi connectivity index (χ2n) is 3.41. The van der Waals surface area contributed by atoms with Crippen molar-refractivity contribution in [3.63, 3.8) is 0 Å². The summed E-state index contributed by atoms with van der Waals surface area (Å²) in [6.45, 7) is 0.959. The number of nitrogens with two attached hydrogens (primary N) is 2. The van der Waals surface area contributed by atoms with Crippen LogP contribution in [-0.2, 0) is 14.8 Å². The summed E-state index contributed by atoms with van der Waals surface area (Å²) >= 11 is 0. The van der Waals surface area contributed by atoms with Crippen molar-refractivity contribution >= 4 is 15.7 Å². The monoisotopic (exact) mass is 260 g/mol. The summed E-state index contributed by atoms with van der Waals surface area (Å²) in [4.78, 5) is -0.123. The first-order valence-corrected chi connectivity index (χ1v) is 6.54. The summed E-state index contributed by atoms with van der Waals surface area (Å²) in [5.74, 6) is 0.313. The molecule has 0 unspecified atom stereocenters. The molecule has 4 N–H and O–H groups in total. The molecule has 0 fully saturated rings. The van der Waals surface area contributed by atoms with Crippen molar-refractivity contribution in [2.75, 3.05) is 26.1 Å². The molecule has 0 bridgehead atoms. The average molecular weight is 260 g/mol. The fraction of sp³-hybridized carbons (Fsp3) is 0.400. The summed E-state index contributed by atoms with van der Waals surface area (Å²) in [5.41, 5.74) is 5.70. The molecule has 0 saturated carbocycles. The van der Waals surface area contributed by atoms with Gasteiger partial charge in [-0.15, -0.1) is 0 Å². The molecule has 1 aromatic carbocycles. The number of nitrogen functional groups attached to an aromatic ring is 1. The van der Waals surface area contributed by atoms with E-state index >= 15 is 0 Å². The van der Waals surface area contributed by atoms with Gasteiger partial charge in [-0.05, 0) is 12.1 Å². The lowest BCUT2D eigenvalue weighted by atomic mass is 10.3. The van der Waals surface area contributed by atoms with E-state index in [4.69, 9.17) is 20.3 Å². The number of primary sulfonamides is 1. The zero-order chi connectivity index (χ0) is 12.9. The van der Waals surface area contributed by atoms with Gasteiger partial charge >= 0.3 is 0 Å². The Morgan fingerprint density at radius 2 is 2.00 bits per heavy atom. The van der Waals surface area contributed by atoms with E-state index in [1.807, 2.05) is 0 Å². The number of ether oxygens (including phenoxy) is 2. The molecule has 96 valence electrons. The minimum absolute atomic E-state index is 0.0346. The van der Waals surface area contributed by atoms with Gasteiger partial charge in [0.2, 0.25) is 10.0 Å². The minimum Gasteiger partial charge on any atom is -0.491 e. The maximum Gasteiger partial charge on any atom is 0.240 e. The summed E-state index contributed by atoms with van der Waals surface area (Å²) in [6, 6.07) is 4.46. The third-order valence-electron chi connectivity index (χ3n) is 2.08. The van der Waals surface area contributed by atoms with Crippen LogP contribution in [0.4, 0.5) is 5.69 Å². The third kappa shape index (κ3) is 3.88. The van der Waals surface area contributed by atoms with Gasteiger partial charge in [0.25, 0.3) is 0 Å². The molecule has 0 heterocycles. The zero-order valence-electron chi connectivity index (χ0n) is 9.55. The van der Waals surface area contributed by atoms with Gasteiger partial charge in [-0.2, -0.15) is 0 Å². The van der Waals surface area contributed by atoms with Crippen molar-refractivity contribution in [3.8, 4) is 5.75 Å². The molecule has 1 aromatic rings. The number of anilines is 1. The molecular weight excluding hydrogens is 244 g/mol. The molecule has 17 heavy (non-hydrogen) atoms. The Morgan fingerprint density at radius 1 is 1.29 bits per heavy atom. The molecule has 6 nitrogen and oxygen atoms in total. The molecule has 0 radical (unpaired) electrons. The third-order valence-corrected chi connectivity index (χ3v) is 3.05. The number of rotatable bonds is 6. The summed E-state index contributed by atoms with van der Waals surface area (Å²) in [5, 5.41) is 5.02. The summed E-state index contributed by atoms with van der Waals surface area (Å²) in [6.07, 6.45) is 0.690. The van der Waals surface area contributed by atoms with Crippen molar-refractivity contribution in [2.24, 2.45) is 5.14 Å². The number of methoxy groups -OCH3 is 1. The molecule has 0 saturated heterocycles. The Bertz CT molecular complexity index is 473. The summed E-state index contributed by atoms with van der Waals surface area (Å²) in [7, 11) is -2.23. The Hall–Kier alpha value is -1.31. The molecule has 0 amide bonds. The van der Waals surface area contributed by atoms with Gasteiger partial charge in [-0.1, -0.05) is 6.07 Å². The highest BCUT2D eigenvalue weighted by Crippen LogP contribution is 2.27. The first-order chi connectivity index (χ1) is 7.96. The lowest BCUT2D eigenvalue weighted by Gasteiger charge is -2.10. The number of benzene rings is 1. The largest absolute Gasteiger partial charge is 0.491 e. The Balaban J connectivity index is 2.81. The van der Waals surface area contributed by atoms with Gasteiger partial charge in [0.05, 0.1) is 12.3 Å². The Morgan fingerprint density at radius 3 is 2.59 bits per heavy atom. The van der Waals surface area contributed by atoms with Gasteiger partial charge in [-0.25, -0.2) is 13.6 Å². The smallest absolute Gasteiger partial charge is 0.240 e. The minimum atomic E-state index is -3.82. The number of sulfonamides is 1. The van der Waals surface area contributed by atoms with E-state index in [1.54, 1.807) is 13.2 Å². The normalized spacial score (nSPS) is 11.4. The van der Waals surface area contributed by atoms with Crippen molar-refractivity contribution in [1.29, 1.82) is 0 Å². The van der Waals surface area contributed by atoms with E-state index in [-0.39, 0.29) is 10.6 Å². The van der Waals surface area contributed by atoms with Gasteiger partial charge in [0.1, 0.15) is 10.6 Å². The van der Waals surface area contributed by atoms with Crippen molar-refractivity contribution in [2.45, 2.75) is 11.3 Å². The number of hydrogen-bond acceptors (Lipinski definition) is 5. The van der Waals surface area contributed by atoms with E-state index in [0.29, 0.717) is 25.4 Å². The van der Waals surface area contributed by atoms with E-state index in [9.17, 15) is 8.42 Å². The lowest BCUT2D eigenvalue weighted by molar-refractivity contribution is 0.172. The van der Waals surface area contributed by atoms with Crippen LogP contribution in [0.2, 0.25) is 0 Å². The van der Waals surface area contributed by atoms with E-state index in [0.717, 1.165) is 0 Å². The quantitative estimate of drug-likeness (QED) is 0.566. The predicted octanol–water partition coefficient (Wildman–Crippen LogP) is 0.332. The first kappa shape index (κ1) is 13.8. The van der Waals surface area contributed by atoms with Crippen molar-refractivity contribution in [1.82, 2.24) is 0 Å². The fourth-order valence-electron chi connectivity index (χ4n) is 1.28. The van der Waals surface area contributed by atoms with Crippen molar-refractivity contribution < 1.29 is 17.9 Å². The Kier molecular flexibility index (Phi) is 4.73. The highest BCUT2D eigenvalue weighted by Gasteiger charge is 2.15. The summed E-state index contributed by atoms with van der Waals surface area (Å²) < 4.78 is 32.6. The lowest BCUT2D eigenvalue weighted by Crippen LogP contribution is -2.15. The van der Waals surface area contributed by atoms with Crippen LogP contribution in [0.15, 0.2) is 23.1 Å². The van der Waals surface area contributed by atoms with Crippen LogP contribution >= 0.6 is 0 Å². The average Bonchev–Trinajstić information content (AvgIpc) is 2.25. The van der Waals surface area contributed by atoms with Gasteiger partial charge in [-0.3, -0.25) is 0 Å². The molecule has 0 aliphatic carbocycles. The maximum absolute atomic E-state index is 11.2. The van der Waals surface area contributed by atoms with E-state index in [1.165, 1.54) is 12.1 Å². The molecule has 0 aliphatic rings. The van der Waals surface area contributed by atoms with Gasteiger partial charge in [0.15, 0.2) is 0 Å². The topological polar surface area (TPSA) is 105 Å². The zero-order valence-corrected chi connectivity index (χ0v) is 10.4. The first-order valence-electron chi connectivity index (χ1n) is 5.00. The molecule has 7 heteroatoms. The molecule has 1 rings (SSSR count). The molecule has 0 aliphatic heterocycles. The van der Waals surface area contributed by atoms with E-state index in [2.05, 4.69) is 0 Å². The van der Waals surface area contributed by atoms with Crippen LogP contribution in [-0.4, -0.2) is 28.7 Å². The van der Waals surface area contributed by atoms with Crippen LogP contribution in [0.5, 0.6) is 5.75 Å². The van der Waals surface area contributed by atoms with Crippen LogP contribution in [0.25, 0.3) is 0 Å². The molecular formula is C10H16N2O4S. The van der Waals surface area contributed by atoms with Crippen LogP contribution in [0.1, 0.15) is 6.42 Å². The number of para-hydroxylation sites is 1. The van der Waals surface area contributed by atoms with Crippen LogP contribution in [0.3, 0.4) is 0 Å². The highest BCUT2D eigenvalue weighted by molar-refractivity contribution is 7.89. The number of hydrogen-bond donors (Lipinski definition) is 2. The van der Waals surface area contributed by atoms with Gasteiger partial charge in [0, 0.05) is 20.1 Å². The highest BCUT2D eigenvalue weighted by atomic mass is 32.2. The van der Waals surface area contributed by atoms with Crippen LogP contribution in [0, 0.1) is 0 Å². The predicted molar refractivity (Wildman–Crippen MR) is 64.2 cm³/mol. The van der Waals surface area contributed by atoms with Crippen molar-refractivity contribution in [3.05, 3.63) is 18.2 Å². The molecule has 0 spiro atoms.